The van der Waals surface area contributed by atoms with Crippen LogP contribution < -0.4 is 9.21 Å². The van der Waals surface area contributed by atoms with Gasteiger partial charge in [0.05, 0.1) is 17.0 Å². The number of amides is 1. The van der Waals surface area contributed by atoms with Crippen LogP contribution in [0.1, 0.15) is 0 Å². The summed E-state index contributed by atoms with van der Waals surface area (Å²) in [6.45, 7) is -0.424. The average molecular weight is 371 g/mol. The summed E-state index contributed by atoms with van der Waals surface area (Å²) in [4.78, 5) is 13.8. The maximum Gasteiger partial charge on any atom is 0.247 e. The Bertz CT molecular complexity index is 844. The second-order valence-corrected chi connectivity index (χ2v) is 7.47. The molecule has 0 bridgehead atoms. The zero-order valence-electron chi connectivity index (χ0n) is 13.1. The first-order valence-corrected chi connectivity index (χ1v) is 9.17. The van der Waals surface area contributed by atoms with Gasteiger partial charge in [-0.2, -0.15) is 0 Å². The van der Waals surface area contributed by atoms with Crippen molar-refractivity contribution in [3.05, 3.63) is 59.4 Å². The monoisotopic (exact) mass is 370 g/mol. The molecule has 0 spiro atoms. The number of sulfonamides is 1. The van der Waals surface area contributed by atoms with Crippen LogP contribution in [-0.4, -0.2) is 34.2 Å². The molecule has 2 aromatic rings. The van der Waals surface area contributed by atoms with Crippen LogP contribution >= 0.6 is 11.6 Å². The van der Waals surface area contributed by atoms with Gasteiger partial charge >= 0.3 is 0 Å². The van der Waals surface area contributed by atoms with Gasteiger partial charge in [-0.3, -0.25) is 9.10 Å². The molecule has 0 fully saturated rings. The van der Waals surface area contributed by atoms with Gasteiger partial charge in [0.25, 0.3) is 0 Å². The van der Waals surface area contributed by atoms with E-state index in [9.17, 15) is 17.6 Å². The Morgan fingerprint density at radius 3 is 2.29 bits per heavy atom. The topological polar surface area (TPSA) is 57.7 Å². The summed E-state index contributed by atoms with van der Waals surface area (Å²) >= 11 is 5.71. The minimum absolute atomic E-state index is 0.124. The molecule has 2 aromatic carbocycles. The third-order valence-corrected chi connectivity index (χ3v) is 4.82. The van der Waals surface area contributed by atoms with Crippen LogP contribution in [0.2, 0.25) is 5.02 Å². The van der Waals surface area contributed by atoms with Crippen molar-refractivity contribution in [2.75, 3.05) is 29.1 Å². The van der Waals surface area contributed by atoms with Crippen LogP contribution in [0.5, 0.6) is 0 Å². The second kappa shape index (κ2) is 7.19. The molecule has 0 heterocycles. The van der Waals surface area contributed by atoms with Crippen molar-refractivity contribution in [2.45, 2.75) is 0 Å². The fourth-order valence-electron chi connectivity index (χ4n) is 2.06. The Morgan fingerprint density at radius 1 is 1.12 bits per heavy atom. The number of rotatable bonds is 5. The molecule has 128 valence electrons. The Kier molecular flexibility index (Phi) is 5.46. The number of carbonyl (C=O) groups is 1. The number of hydrogen-bond donors (Lipinski definition) is 0. The normalized spacial score (nSPS) is 11.2. The molecule has 0 atom stereocenters. The molecule has 1 amide bonds. The number of hydrogen-bond acceptors (Lipinski definition) is 3. The van der Waals surface area contributed by atoms with Gasteiger partial charge in [0.1, 0.15) is 12.4 Å². The molecular weight excluding hydrogens is 355 g/mol. The number of carbonyl (C=O) groups excluding carboxylic acids is 1. The van der Waals surface area contributed by atoms with E-state index in [0.717, 1.165) is 16.6 Å². The summed E-state index contributed by atoms with van der Waals surface area (Å²) in [6, 6.07) is 12.3. The zero-order chi connectivity index (χ0) is 17.9. The van der Waals surface area contributed by atoms with Crippen molar-refractivity contribution in [2.24, 2.45) is 0 Å². The van der Waals surface area contributed by atoms with E-state index >= 15 is 0 Å². The predicted octanol–water partition coefficient (Wildman–Crippen LogP) is 2.91. The summed E-state index contributed by atoms with van der Waals surface area (Å²) < 4.78 is 38.3. The van der Waals surface area contributed by atoms with Crippen LogP contribution in [0.3, 0.4) is 0 Å². The third kappa shape index (κ3) is 4.24. The van der Waals surface area contributed by atoms with Crippen LogP contribution in [0.15, 0.2) is 48.5 Å². The number of benzene rings is 2. The van der Waals surface area contributed by atoms with Gasteiger partial charge in [-0.1, -0.05) is 29.8 Å². The zero-order valence-corrected chi connectivity index (χ0v) is 14.7. The number of likely N-dealkylation sites (N-methyl/N-ethyl adjacent to an activating group) is 1. The van der Waals surface area contributed by atoms with Crippen molar-refractivity contribution < 1.29 is 17.6 Å². The lowest BCUT2D eigenvalue weighted by molar-refractivity contribution is -0.116. The van der Waals surface area contributed by atoms with Gasteiger partial charge in [-0.05, 0) is 30.3 Å². The molecule has 0 saturated heterocycles. The van der Waals surface area contributed by atoms with E-state index < -0.39 is 28.3 Å². The fourth-order valence-corrected chi connectivity index (χ4v) is 3.08. The fraction of sp³-hybridized carbons (Fsp3) is 0.188. The molecule has 24 heavy (non-hydrogen) atoms. The molecule has 0 aliphatic carbocycles. The average Bonchev–Trinajstić information content (AvgIpc) is 2.54. The highest BCUT2D eigenvalue weighted by Crippen LogP contribution is 2.24. The molecule has 0 radical (unpaired) electrons. The second-order valence-electron chi connectivity index (χ2n) is 5.16. The molecule has 0 aromatic heterocycles. The Morgan fingerprint density at radius 2 is 1.75 bits per heavy atom. The van der Waals surface area contributed by atoms with E-state index in [1.54, 1.807) is 31.3 Å². The van der Waals surface area contributed by atoms with Gasteiger partial charge in [-0.15, -0.1) is 0 Å². The van der Waals surface area contributed by atoms with E-state index in [1.807, 2.05) is 6.07 Å². The number of para-hydroxylation sites is 1. The highest BCUT2D eigenvalue weighted by Gasteiger charge is 2.24. The van der Waals surface area contributed by atoms with Gasteiger partial charge in [-0.25, -0.2) is 12.8 Å². The van der Waals surface area contributed by atoms with Crippen molar-refractivity contribution in [1.29, 1.82) is 0 Å². The highest BCUT2D eigenvalue weighted by molar-refractivity contribution is 7.92. The largest absolute Gasteiger partial charge is 0.314 e. The van der Waals surface area contributed by atoms with E-state index in [2.05, 4.69) is 0 Å². The van der Waals surface area contributed by atoms with Crippen molar-refractivity contribution in [1.82, 2.24) is 0 Å². The maximum atomic E-state index is 13.3. The molecular formula is C16H16ClFN2O3S. The van der Waals surface area contributed by atoms with E-state index in [4.69, 9.17) is 11.6 Å². The van der Waals surface area contributed by atoms with Gasteiger partial charge in [0, 0.05) is 12.7 Å². The minimum atomic E-state index is -3.75. The van der Waals surface area contributed by atoms with Crippen LogP contribution in [0, 0.1) is 5.82 Å². The predicted molar refractivity (Wildman–Crippen MR) is 93.5 cm³/mol. The van der Waals surface area contributed by atoms with E-state index in [0.29, 0.717) is 5.69 Å². The molecule has 0 unspecified atom stereocenters. The first-order valence-electron chi connectivity index (χ1n) is 6.94. The minimum Gasteiger partial charge on any atom is -0.314 e. The van der Waals surface area contributed by atoms with E-state index in [-0.39, 0.29) is 10.7 Å². The first kappa shape index (κ1) is 18.2. The van der Waals surface area contributed by atoms with Crippen molar-refractivity contribution in [3.63, 3.8) is 0 Å². The Labute approximate surface area is 145 Å². The van der Waals surface area contributed by atoms with Gasteiger partial charge in [0.15, 0.2) is 0 Å². The smallest absolute Gasteiger partial charge is 0.247 e. The van der Waals surface area contributed by atoms with Crippen molar-refractivity contribution in [3.8, 4) is 0 Å². The van der Waals surface area contributed by atoms with Crippen molar-refractivity contribution >= 4 is 38.9 Å². The van der Waals surface area contributed by atoms with Gasteiger partial charge < -0.3 is 4.90 Å². The third-order valence-electron chi connectivity index (χ3n) is 3.39. The quantitative estimate of drug-likeness (QED) is 0.813. The van der Waals surface area contributed by atoms with Gasteiger partial charge in [0.2, 0.25) is 15.9 Å². The molecule has 0 N–H and O–H groups in total. The molecule has 0 saturated carbocycles. The molecule has 5 nitrogen and oxygen atoms in total. The maximum absolute atomic E-state index is 13.3. The standard InChI is InChI=1S/C16H16ClFN2O3S/c1-19(12-6-4-3-5-7-12)16(21)11-20(24(2,22)23)13-8-9-15(18)14(17)10-13/h3-10H,11H2,1-2H3. The first-order chi connectivity index (χ1) is 11.2. The van der Waals surface area contributed by atoms with Crippen LogP contribution in [0.4, 0.5) is 15.8 Å². The summed E-state index contributed by atoms with van der Waals surface area (Å²) in [6.07, 6.45) is 0.972. The molecule has 0 aliphatic heterocycles. The van der Waals surface area contributed by atoms with E-state index in [1.165, 1.54) is 17.0 Å². The lowest BCUT2D eigenvalue weighted by Gasteiger charge is -2.25. The summed E-state index contributed by atoms with van der Waals surface area (Å²) in [5.41, 5.74) is 0.756. The lowest BCUT2D eigenvalue weighted by atomic mass is 10.3. The highest BCUT2D eigenvalue weighted by atomic mass is 35.5. The number of nitrogens with zero attached hydrogens (tertiary/aromatic N) is 2. The molecule has 2 rings (SSSR count). The summed E-state index contributed by atoms with van der Waals surface area (Å²) in [7, 11) is -2.20. The van der Waals surface area contributed by atoms with Crippen LogP contribution in [-0.2, 0) is 14.8 Å². The SMILES string of the molecule is CN(C(=O)CN(c1ccc(F)c(Cl)c1)S(C)(=O)=O)c1ccccc1. The number of anilines is 2. The van der Waals surface area contributed by atoms with Crippen LogP contribution in [0.25, 0.3) is 0 Å². The Balaban J connectivity index is 2.30. The number of halogens is 2. The Hall–Kier alpha value is -2.12. The summed E-state index contributed by atoms with van der Waals surface area (Å²) in [5.74, 6) is -1.10. The molecule has 8 heteroatoms. The summed E-state index contributed by atoms with van der Waals surface area (Å²) in [5, 5.41) is -0.218. The lowest BCUT2D eigenvalue weighted by Crippen LogP contribution is -2.41. The molecule has 0 aliphatic rings.